The zero-order valence-electron chi connectivity index (χ0n) is 35.7. The van der Waals surface area contributed by atoms with Crippen molar-refractivity contribution in [1.82, 2.24) is 40.4 Å². The predicted molar refractivity (Wildman–Crippen MR) is 227 cm³/mol. The lowest BCUT2D eigenvalue weighted by Gasteiger charge is -2.33. The van der Waals surface area contributed by atoms with Crippen LogP contribution in [0.3, 0.4) is 0 Å². The lowest BCUT2D eigenvalue weighted by molar-refractivity contribution is -0.138. The number of hydrogen-bond acceptors (Lipinski definition) is 10. The first-order valence-corrected chi connectivity index (χ1v) is 21.6. The number of carbonyl (C=O) groups is 3. The summed E-state index contributed by atoms with van der Waals surface area (Å²) in [5, 5.41) is 8.16. The second-order valence-electron chi connectivity index (χ2n) is 18.2. The number of nitrogens with zero attached hydrogens (tertiary/aromatic N) is 4. The first-order chi connectivity index (χ1) is 29.4. The number of ether oxygens (including phenoxy) is 4. The number of likely N-dealkylation sites (tertiary alicyclic amines) is 2. The highest BCUT2D eigenvalue weighted by Crippen LogP contribution is 2.56. The summed E-state index contributed by atoms with van der Waals surface area (Å²) in [4.78, 5) is 61.1. The van der Waals surface area contributed by atoms with Gasteiger partial charge in [-0.25, -0.2) is 14.8 Å². The van der Waals surface area contributed by atoms with E-state index in [4.69, 9.17) is 28.9 Å². The van der Waals surface area contributed by atoms with E-state index in [2.05, 4.69) is 70.0 Å². The van der Waals surface area contributed by atoms with E-state index in [1.165, 1.54) is 7.11 Å². The zero-order chi connectivity index (χ0) is 42.4. The second-order valence-corrected chi connectivity index (χ2v) is 18.2. The number of aromatic amines is 2. The highest BCUT2D eigenvalue weighted by Gasteiger charge is 2.56. The fourth-order valence-electron chi connectivity index (χ4n) is 10.1. The van der Waals surface area contributed by atoms with Crippen molar-refractivity contribution < 1.29 is 33.3 Å². The molecule has 2 unspecified atom stereocenters. The number of H-pyrrole nitrogens is 2. The third kappa shape index (κ3) is 6.90. The Morgan fingerprint density at radius 1 is 0.934 bits per heavy atom. The Morgan fingerprint density at radius 3 is 2.51 bits per heavy atom. The molecule has 0 radical (unpaired) electrons. The van der Waals surface area contributed by atoms with Crippen LogP contribution < -0.4 is 15.4 Å². The molecule has 0 bridgehead atoms. The van der Waals surface area contributed by atoms with Gasteiger partial charge in [-0.3, -0.25) is 14.9 Å². The van der Waals surface area contributed by atoms with Gasteiger partial charge in [0, 0.05) is 30.6 Å². The molecule has 4 fully saturated rings. The molecule has 4 aliphatic heterocycles. The molecule has 2 aromatic heterocycles. The van der Waals surface area contributed by atoms with Gasteiger partial charge in [-0.15, -0.1) is 0 Å². The van der Waals surface area contributed by atoms with Crippen LogP contribution in [0.4, 0.5) is 4.79 Å². The molecular weight excluding hydrogens is 777 g/mol. The SMILES string of the molecule is COC(=O)N[C@H](C(=O)N1C[C@H]2C[C@H]2[C@H]1c1ncc(-c2ccc3c(c2)COc2cc4c(ccc5[nH]c([C@@H]6CC[C@H](C)N6C(=O)[C@@H](NC6OC6OC)C(C)C)nc54)cc2-3)[nH]1)C(C)C. The molecule has 4 N–H and O–H groups in total. The van der Waals surface area contributed by atoms with Crippen molar-refractivity contribution in [2.45, 2.75) is 103 Å². The van der Waals surface area contributed by atoms with E-state index >= 15 is 0 Å². The van der Waals surface area contributed by atoms with Gasteiger partial charge >= 0.3 is 6.09 Å². The van der Waals surface area contributed by atoms with E-state index in [0.29, 0.717) is 25.0 Å². The summed E-state index contributed by atoms with van der Waals surface area (Å²) in [7, 11) is 2.91. The molecule has 1 aliphatic carbocycles. The van der Waals surface area contributed by atoms with Gasteiger partial charge in [0.25, 0.3) is 0 Å². The Hall–Kier alpha value is -5.51. The highest BCUT2D eigenvalue weighted by atomic mass is 16.8. The number of epoxide rings is 1. The largest absolute Gasteiger partial charge is 0.488 e. The van der Waals surface area contributed by atoms with Crippen LogP contribution in [0.5, 0.6) is 5.75 Å². The number of nitrogens with one attached hydrogen (secondary N) is 4. The molecular formula is C46H54N8O7. The van der Waals surface area contributed by atoms with Crippen molar-refractivity contribution in [3.63, 3.8) is 0 Å². The van der Waals surface area contributed by atoms with E-state index in [1.807, 2.05) is 43.7 Å². The molecule has 1 saturated carbocycles. The summed E-state index contributed by atoms with van der Waals surface area (Å²) in [5.41, 5.74) is 6.82. The number of fused-ring (bicyclic) bond motifs is 7. The maximum absolute atomic E-state index is 14.2. The summed E-state index contributed by atoms with van der Waals surface area (Å²) >= 11 is 0. The Kier molecular flexibility index (Phi) is 9.83. The quantitative estimate of drug-likeness (QED) is 0.107. The van der Waals surface area contributed by atoms with Crippen molar-refractivity contribution in [1.29, 1.82) is 0 Å². The molecule has 10 rings (SSSR count). The fraction of sp³-hybridized carbons (Fsp3) is 0.500. The number of methoxy groups -OCH3 is 2. The number of alkyl carbamates (subject to hydrolysis) is 1. The number of piperidine rings is 1. The van der Waals surface area contributed by atoms with Crippen molar-refractivity contribution in [3.8, 4) is 28.1 Å². The van der Waals surface area contributed by atoms with Crippen molar-refractivity contribution in [3.05, 3.63) is 65.9 Å². The minimum absolute atomic E-state index is 0.0490. The van der Waals surface area contributed by atoms with Crippen LogP contribution in [0, 0.1) is 23.7 Å². The van der Waals surface area contributed by atoms with E-state index in [1.54, 1.807) is 7.11 Å². The van der Waals surface area contributed by atoms with Crippen LogP contribution in [0.15, 0.2) is 48.7 Å². The molecule has 61 heavy (non-hydrogen) atoms. The fourth-order valence-corrected chi connectivity index (χ4v) is 10.1. The maximum atomic E-state index is 14.2. The van der Waals surface area contributed by atoms with Crippen LogP contribution in [0.2, 0.25) is 0 Å². The van der Waals surface area contributed by atoms with Crippen molar-refractivity contribution >= 4 is 39.7 Å². The maximum Gasteiger partial charge on any atom is 0.407 e. The molecule has 5 aromatic rings. The van der Waals surface area contributed by atoms with E-state index in [9.17, 15) is 14.4 Å². The third-order valence-electron chi connectivity index (χ3n) is 13.6. The molecule has 5 aliphatic rings. The summed E-state index contributed by atoms with van der Waals surface area (Å²) in [6.45, 7) is 11.1. The number of rotatable bonds is 11. The van der Waals surface area contributed by atoms with Gasteiger partial charge in [0.05, 0.1) is 48.2 Å². The third-order valence-corrected chi connectivity index (χ3v) is 13.6. The van der Waals surface area contributed by atoms with Crippen LogP contribution in [0.1, 0.15) is 83.2 Å². The van der Waals surface area contributed by atoms with Crippen molar-refractivity contribution in [2.75, 3.05) is 20.8 Å². The highest BCUT2D eigenvalue weighted by molar-refractivity contribution is 6.07. The van der Waals surface area contributed by atoms with Crippen molar-refractivity contribution in [2.24, 2.45) is 23.7 Å². The minimum Gasteiger partial charge on any atom is -0.488 e. The van der Waals surface area contributed by atoms with Gasteiger partial charge in [-0.05, 0) is 96.2 Å². The number of imidazole rings is 2. The van der Waals surface area contributed by atoms with Gasteiger partial charge in [0.2, 0.25) is 11.8 Å². The lowest BCUT2D eigenvalue weighted by atomic mass is 9.92. The monoisotopic (exact) mass is 830 g/mol. The summed E-state index contributed by atoms with van der Waals surface area (Å²) < 4.78 is 22.1. The Balaban J connectivity index is 0.897. The smallest absolute Gasteiger partial charge is 0.407 e. The van der Waals surface area contributed by atoms with E-state index < -0.39 is 18.2 Å². The van der Waals surface area contributed by atoms with Gasteiger partial charge in [-0.2, -0.15) is 0 Å². The van der Waals surface area contributed by atoms with Crippen LogP contribution in [-0.4, -0.2) is 99.1 Å². The second kappa shape index (κ2) is 15.1. The zero-order valence-corrected chi connectivity index (χ0v) is 35.7. The van der Waals surface area contributed by atoms with E-state index in [0.717, 1.165) is 86.4 Å². The first kappa shape index (κ1) is 39.6. The molecule has 320 valence electrons. The number of hydrogen-bond donors (Lipinski definition) is 4. The first-order valence-electron chi connectivity index (χ1n) is 21.6. The van der Waals surface area contributed by atoms with Crippen LogP contribution in [0.25, 0.3) is 44.2 Å². The predicted octanol–water partition coefficient (Wildman–Crippen LogP) is 6.56. The Bertz CT molecular complexity index is 2550. The summed E-state index contributed by atoms with van der Waals surface area (Å²) in [6, 6.07) is 13.5. The number of amides is 3. The molecule has 0 spiro atoms. The summed E-state index contributed by atoms with van der Waals surface area (Å²) in [6.07, 6.45) is 3.38. The molecule has 6 heterocycles. The Morgan fingerprint density at radius 2 is 1.75 bits per heavy atom. The van der Waals surface area contributed by atoms with Gasteiger partial charge < -0.3 is 44.0 Å². The Labute approximate surface area is 354 Å². The molecule has 3 aromatic carbocycles. The topological polar surface area (TPSA) is 179 Å². The lowest BCUT2D eigenvalue weighted by Crippen LogP contribution is -2.52. The molecule has 3 saturated heterocycles. The number of benzene rings is 3. The average Bonchev–Trinajstić information content (AvgIpc) is 3.86. The van der Waals surface area contributed by atoms with Crippen LogP contribution in [-0.2, 0) is 30.4 Å². The van der Waals surface area contributed by atoms with Gasteiger partial charge in [-0.1, -0.05) is 45.9 Å². The van der Waals surface area contributed by atoms with Gasteiger partial charge in [0.1, 0.15) is 30.0 Å². The minimum atomic E-state index is -0.687. The molecule has 3 amide bonds. The van der Waals surface area contributed by atoms with Gasteiger partial charge in [0.15, 0.2) is 12.5 Å². The summed E-state index contributed by atoms with van der Waals surface area (Å²) in [5.74, 6) is 3.02. The molecule has 9 atom stereocenters. The number of carbonyl (C=O) groups excluding carboxylic acids is 3. The standard InChI is InChI=1S/C46H54N8O7/c1-21(2)36(52-46(57)59-7)43(55)53-19-26-16-30(26)39(53)41-47-18-33(49-41)25-9-11-28-27(14-25)20-60-35-17-29-24(15-31(28)35)10-12-32-38(29)50-40(48-32)34-13-8-23(5)54(34)44(56)37(22(3)4)51-42-45(58-6)61-42/h9-12,14-15,17-18,21-23,26,30,34,36-37,39,42,45,51H,8,13,16,19-20H2,1-7H3,(H,47,49)(H,48,50)(H,52,57)/t23-,26+,30+,34-,36-,37-,39-,42?,45?/m0/s1. The average molecular weight is 831 g/mol. The molecule has 15 nitrogen and oxygen atoms in total. The normalized spacial score (nSPS) is 26.0. The molecule has 15 heteroatoms. The van der Waals surface area contributed by atoms with E-state index in [-0.39, 0.29) is 54.3 Å². The van der Waals surface area contributed by atoms with Crippen LogP contribution >= 0.6 is 0 Å². The number of aromatic nitrogens is 4.